The van der Waals surface area contributed by atoms with Crippen LogP contribution in [-0.4, -0.2) is 27.0 Å². The van der Waals surface area contributed by atoms with Gasteiger partial charge >= 0.3 is 0 Å². The van der Waals surface area contributed by atoms with Crippen LogP contribution >= 0.6 is 0 Å². The zero-order valence-electron chi connectivity index (χ0n) is 10.2. The summed E-state index contributed by atoms with van der Waals surface area (Å²) in [6, 6.07) is 7.48. The molecule has 0 bridgehead atoms. The largest absolute Gasteiger partial charge is 0.493 e. The maximum absolute atomic E-state index is 10.9. The predicted octanol–water partition coefficient (Wildman–Crippen LogP) is 1.52. The first-order valence-electron chi connectivity index (χ1n) is 5.58. The number of nitrogens with two attached hydrogens (primary N) is 1. The molecule has 0 fully saturated rings. The van der Waals surface area contributed by atoms with Gasteiger partial charge < -0.3 is 10.5 Å². The minimum Gasteiger partial charge on any atom is -0.493 e. The maximum Gasteiger partial charge on any atom is 0.150 e. The topological polar surface area (TPSA) is 69.4 Å². The van der Waals surface area contributed by atoms with Crippen molar-refractivity contribution in [3.63, 3.8) is 0 Å². The molecule has 5 heteroatoms. The summed E-state index contributed by atoms with van der Waals surface area (Å²) in [6.45, 7) is 2.21. The van der Waals surface area contributed by atoms with Crippen molar-refractivity contribution in [2.45, 2.75) is 19.4 Å². The highest BCUT2D eigenvalue weighted by Crippen LogP contribution is 2.18. The van der Waals surface area contributed by atoms with Crippen molar-refractivity contribution >= 4 is 9.84 Å². The van der Waals surface area contributed by atoms with E-state index in [2.05, 4.69) is 0 Å². The van der Waals surface area contributed by atoms with Gasteiger partial charge in [0, 0.05) is 12.3 Å². The average Bonchev–Trinajstić information content (AvgIpc) is 2.27. The van der Waals surface area contributed by atoms with Crippen LogP contribution in [0.5, 0.6) is 5.75 Å². The molecule has 0 aliphatic rings. The Morgan fingerprint density at radius 2 is 1.88 bits per heavy atom. The van der Waals surface area contributed by atoms with Crippen LogP contribution < -0.4 is 10.5 Å². The van der Waals surface area contributed by atoms with Gasteiger partial charge in [0.2, 0.25) is 0 Å². The molecule has 1 rings (SSSR count). The molecule has 1 unspecified atom stereocenters. The van der Waals surface area contributed by atoms with E-state index in [9.17, 15) is 8.42 Å². The van der Waals surface area contributed by atoms with Gasteiger partial charge in [0.1, 0.15) is 12.4 Å². The Hall–Kier alpha value is -1.07. The van der Waals surface area contributed by atoms with Gasteiger partial charge in [0.15, 0.2) is 9.84 Å². The molecular formula is C12H19NO3S. The minimum atomic E-state index is -2.96. The fourth-order valence-electron chi connectivity index (χ4n) is 1.36. The SMILES string of the molecule is CCC(N)c1ccc(OCCS(C)(=O)=O)cc1. The molecule has 17 heavy (non-hydrogen) atoms. The van der Waals surface area contributed by atoms with Crippen molar-refractivity contribution in [2.24, 2.45) is 5.73 Å². The maximum atomic E-state index is 10.9. The van der Waals surface area contributed by atoms with E-state index in [1.165, 1.54) is 6.26 Å². The van der Waals surface area contributed by atoms with Gasteiger partial charge in [-0.05, 0) is 24.1 Å². The van der Waals surface area contributed by atoms with E-state index in [4.69, 9.17) is 10.5 Å². The Bertz CT molecular complexity index is 439. The molecular weight excluding hydrogens is 238 g/mol. The van der Waals surface area contributed by atoms with E-state index in [0.29, 0.717) is 5.75 Å². The Morgan fingerprint density at radius 3 is 2.35 bits per heavy atom. The number of hydrogen-bond acceptors (Lipinski definition) is 4. The van der Waals surface area contributed by atoms with Gasteiger partial charge in [-0.3, -0.25) is 0 Å². The van der Waals surface area contributed by atoms with Crippen LogP contribution in [0.15, 0.2) is 24.3 Å². The molecule has 0 heterocycles. The Labute approximate surface area is 103 Å². The molecule has 0 spiro atoms. The van der Waals surface area contributed by atoms with Crippen LogP contribution in [0.25, 0.3) is 0 Å². The molecule has 4 nitrogen and oxygen atoms in total. The lowest BCUT2D eigenvalue weighted by Gasteiger charge is -2.10. The monoisotopic (exact) mass is 257 g/mol. The summed E-state index contributed by atoms with van der Waals surface area (Å²) < 4.78 is 27.1. The Balaban J connectivity index is 2.51. The summed E-state index contributed by atoms with van der Waals surface area (Å²) >= 11 is 0. The molecule has 0 amide bonds. The van der Waals surface area contributed by atoms with E-state index in [1.807, 2.05) is 31.2 Å². The van der Waals surface area contributed by atoms with E-state index in [-0.39, 0.29) is 18.4 Å². The third kappa shape index (κ3) is 5.19. The van der Waals surface area contributed by atoms with Crippen LogP contribution in [0, 0.1) is 0 Å². The van der Waals surface area contributed by atoms with E-state index in [0.717, 1.165) is 12.0 Å². The Morgan fingerprint density at radius 1 is 1.29 bits per heavy atom. The average molecular weight is 257 g/mol. The van der Waals surface area contributed by atoms with Gasteiger partial charge in [0.05, 0.1) is 5.75 Å². The number of rotatable bonds is 6. The molecule has 1 aromatic rings. The van der Waals surface area contributed by atoms with Crippen LogP contribution in [0.2, 0.25) is 0 Å². The number of benzene rings is 1. The molecule has 0 radical (unpaired) electrons. The number of sulfone groups is 1. The van der Waals surface area contributed by atoms with Crippen molar-refractivity contribution < 1.29 is 13.2 Å². The molecule has 0 aromatic heterocycles. The van der Waals surface area contributed by atoms with Crippen molar-refractivity contribution in [2.75, 3.05) is 18.6 Å². The molecule has 2 N–H and O–H groups in total. The van der Waals surface area contributed by atoms with E-state index in [1.54, 1.807) is 0 Å². The smallest absolute Gasteiger partial charge is 0.150 e. The summed E-state index contributed by atoms with van der Waals surface area (Å²) in [5.41, 5.74) is 6.94. The first kappa shape index (κ1) is 14.0. The summed E-state index contributed by atoms with van der Waals surface area (Å²) in [7, 11) is -2.96. The molecule has 96 valence electrons. The van der Waals surface area contributed by atoms with Crippen LogP contribution in [0.3, 0.4) is 0 Å². The molecule has 0 aliphatic carbocycles. The lowest BCUT2D eigenvalue weighted by atomic mass is 10.1. The summed E-state index contributed by atoms with van der Waals surface area (Å²) in [5, 5.41) is 0. The predicted molar refractivity (Wildman–Crippen MR) is 68.9 cm³/mol. The fourth-order valence-corrected chi connectivity index (χ4v) is 1.74. The first-order valence-corrected chi connectivity index (χ1v) is 7.64. The molecule has 1 atom stereocenters. The zero-order valence-corrected chi connectivity index (χ0v) is 11.0. The highest BCUT2D eigenvalue weighted by molar-refractivity contribution is 7.90. The highest BCUT2D eigenvalue weighted by atomic mass is 32.2. The van der Waals surface area contributed by atoms with Gasteiger partial charge in [-0.15, -0.1) is 0 Å². The van der Waals surface area contributed by atoms with Crippen LogP contribution in [0.4, 0.5) is 0 Å². The van der Waals surface area contributed by atoms with Gasteiger partial charge in [-0.1, -0.05) is 19.1 Å². The normalized spacial score (nSPS) is 13.4. The second-order valence-electron chi connectivity index (χ2n) is 4.06. The minimum absolute atomic E-state index is 0.0310. The van der Waals surface area contributed by atoms with Crippen molar-refractivity contribution in [3.8, 4) is 5.75 Å². The molecule has 0 saturated heterocycles. The van der Waals surface area contributed by atoms with Gasteiger partial charge in [-0.2, -0.15) is 0 Å². The van der Waals surface area contributed by atoms with Crippen molar-refractivity contribution in [1.29, 1.82) is 0 Å². The van der Waals surface area contributed by atoms with Gasteiger partial charge in [0.25, 0.3) is 0 Å². The van der Waals surface area contributed by atoms with Crippen LogP contribution in [-0.2, 0) is 9.84 Å². The lowest BCUT2D eigenvalue weighted by Crippen LogP contribution is -2.12. The molecule has 1 aromatic carbocycles. The quantitative estimate of drug-likeness (QED) is 0.839. The summed E-state index contributed by atoms with van der Waals surface area (Å²) in [5.74, 6) is 0.698. The van der Waals surface area contributed by atoms with E-state index >= 15 is 0 Å². The van der Waals surface area contributed by atoms with Crippen molar-refractivity contribution in [3.05, 3.63) is 29.8 Å². The highest BCUT2D eigenvalue weighted by Gasteiger charge is 2.04. The zero-order chi connectivity index (χ0) is 12.9. The standard InChI is InChI=1S/C12H19NO3S/c1-3-12(13)10-4-6-11(7-5-10)16-8-9-17(2,14)15/h4-7,12H,3,8-9,13H2,1-2H3. The second kappa shape index (κ2) is 6.02. The third-order valence-electron chi connectivity index (χ3n) is 2.47. The third-order valence-corrected chi connectivity index (χ3v) is 3.38. The fraction of sp³-hybridized carbons (Fsp3) is 0.500. The first-order chi connectivity index (χ1) is 7.92. The molecule has 0 saturated carbocycles. The van der Waals surface area contributed by atoms with Crippen LogP contribution in [0.1, 0.15) is 24.9 Å². The summed E-state index contributed by atoms with van der Waals surface area (Å²) in [6.07, 6.45) is 2.08. The lowest BCUT2D eigenvalue weighted by molar-refractivity contribution is 0.341. The molecule has 0 aliphatic heterocycles. The van der Waals surface area contributed by atoms with E-state index < -0.39 is 9.84 Å². The summed E-state index contributed by atoms with van der Waals surface area (Å²) in [4.78, 5) is 0. The Kier molecular flexibility index (Phi) is 4.96. The second-order valence-corrected chi connectivity index (χ2v) is 6.32. The van der Waals surface area contributed by atoms with Gasteiger partial charge in [-0.25, -0.2) is 8.42 Å². The number of hydrogen-bond donors (Lipinski definition) is 1. The van der Waals surface area contributed by atoms with Crippen molar-refractivity contribution in [1.82, 2.24) is 0 Å². The number of ether oxygens (including phenoxy) is 1.